The average molecular weight is 276 g/mol. The molecule has 2 atom stereocenters. The maximum atomic E-state index is 12.4. The van der Waals surface area contributed by atoms with E-state index in [-0.39, 0.29) is 12.0 Å². The lowest BCUT2D eigenvalue weighted by molar-refractivity contribution is -0.136. The molecule has 0 aromatic heterocycles. The fraction of sp³-hybridized carbons (Fsp3) is 0.562. The molecule has 2 N–H and O–H groups in total. The molecule has 1 aliphatic rings. The lowest BCUT2D eigenvalue weighted by Crippen LogP contribution is -2.50. The van der Waals surface area contributed by atoms with E-state index in [1.165, 1.54) is 0 Å². The van der Waals surface area contributed by atoms with E-state index in [0.29, 0.717) is 19.6 Å². The van der Waals surface area contributed by atoms with Gasteiger partial charge in [0.05, 0.1) is 12.1 Å². The highest BCUT2D eigenvalue weighted by Crippen LogP contribution is 2.15. The minimum atomic E-state index is -0.460. The summed E-state index contributed by atoms with van der Waals surface area (Å²) in [5.41, 5.74) is 7.17. The van der Waals surface area contributed by atoms with Crippen molar-refractivity contribution in [1.82, 2.24) is 4.90 Å². The van der Waals surface area contributed by atoms with E-state index in [1.807, 2.05) is 42.2 Å². The van der Waals surface area contributed by atoms with Crippen molar-refractivity contribution >= 4 is 5.91 Å². The topological polar surface area (TPSA) is 55.6 Å². The van der Waals surface area contributed by atoms with Gasteiger partial charge in [-0.05, 0) is 31.7 Å². The summed E-state index contributed by atoms with van der Waals surface area (Å²) in [4.78, 5) is 14.3. The van der Waals surface area contributed by atoms with E-state index in [2.05, 4.69) is 0 Å². The zero-order valence-corrected chi connectivity index (χ0v) is 12.1. The molecule has 1 saturated heterocycles. The van der Waals surface area contributed by atoms with Crippen molar-refractivity contribution in [2.24, 2.45) is 5.73 Å². The summed E-state index contributed by atoms with van der Waals surface area (Å²) in [6, 6.07) is 9.46. The maximum absolute atomic E-state index is 12.4. The monoisotopic (exact) mass is 276 g/mol. The number of nitrogens with two attached hydrogens (primary N) is 1. The number of carbonyl (C=O) groups is 1. The molecule has 1 unspecified atom stereocenters. The largest absolute Gasteiger partial charge is 0.377 e. The quantitative estimate of drug-likeness (QED) is 0.888. The number of hydrogen-bond donors (Lipinski definition) is 1. The number of nitrogens with zero attached hydrogens (tertiary/aromatic N) is 1. The number of piperidine rings is 1. The van der Waals surface area contributed by atoms with Gasteiger partial charge >= 0.3 is 0 Å². The molecule has 0 bridgehead atoms. The molecule has 1 amide bonds. The molecular weight excluding hydrogens is 252 g/mol. The van der Waals surface area contributed by atoms with Crippen LogP contribution in [-0.2, 0) is 16.0 Å². The summed E-state index contributed by atoms with van der Waals surface area (Å²) >= 11 is 0. The summed E-state index contributed by atoms with van der Waals surface area (Å²) in [7, 11) is 0. The Morgan fingerprint density at radius 3 is 2.90 bits per heavy atom. The van der Waals surface area contributed by atoms with Gasteiger partial charge in [-0.2, -0.15) is 0 Å². The van der Waals surface area contributed by atoms with Crippen LogP contribution in [0.1, 0.15) is 25.3 Å². The number of likely N-dealkylation sites (tertiary alicyclic amines) is 1. The van der Waals surface area contributed by atoms with Crippen LogP contribution >= 0.6 is 0 Å². The van der Waals surface area contributed by atoms with Crippen LogP contribution in [0.4, 0.5) is 0 Å². The van der Waals surface area contributed by atoms with Gasteiger partial charge < -0.3 is 15.4 Å². The molecule has 1 aromatic carbocycles. The van der Waals surface area contributed by atoms with Gasteiger partial charge in [-0.1, -0.05) is 30.3 Å². The van der Waals surface area contributed by atoms with Gasteiger partial charge in [0.2, 0.25) is 5.91 Å². The van der Waals surface area contributed by atoms with Crippen molar-refractivity contribution in [3.8, 4) is 0 Å². The van der Waals surface area contributed by atoms with Crippen molar-refractivity contribution in [1.29, 1.82) is 0 Å². The van der Waals surface area contributed by atoms with Crippen LogP contribution in [0.5, 0.6) is 0 Å². The van der Waals surface area contributed by atoms with Crippen LogP contribution in [0.25, 0.3) is 0 Å². The average Bonchev–Trinajstić information content (AvgIpc) is 2.48. The van der Waals surface area contributed by atoms with E-state index >= 15 is 0 Å². The lowest BCUT2D eigenvalue weighted by Gasteiger charge is -2.34. The highest BCUT2D eigenvalue weighted by atomic mass is 16.5. The number of rotatable bonds is 5. The predicted octanol–water partition coefficient (Wildman–Crippen LogP) is 1.58. The number of hydrogen-bond acceptors (Lipinski definition) is 3. The summed E-state index contributed by atoms with van der Waals surface area (Å²) in [5.74, 6) is 0.0401. The Hall–Kier alpha value is -1.39. The first-order valence-corrected chi connectivity index (χ1v) is 7.40. The molecule has 0 saturated carbocycles. The van der Waals surface area contributed by atoms with Gasteiger partial charge in [-0.15, -0.1) is 0 Å². The maximum Gasteiger partial charge on any atom is 0.239 e. The van der Waals surface area contributed by atoms with E-state index in [9.17, 15) is 4.79 Å². The van der Waals surface area contributed by atoms with Gasteiger partial charge in [0, 0.05) is 19.7 Å². The number of amides is 1. The second kappa shape index (κ2) is 7.41. The van der Waals surface area contributed by atoms with Crippen LogP contribution in [0.3, 0.4) is 0 Å². The third kappa shape index (κ3) is 4.05. The minimum Gasteiger partial charge on any atom is -0.377 e. The highest BCUT2D eigenvalue weighted by molar-refractivity contribution is 5.82. The molecular formula is C16H24N2O2. The van der Waals surface area contributed by atoms with E-state index in [1.54, 1.807) is 0 Å². The summed E-state index contributed by atoms with van der Waals surface area (Å²) in [5, 5.41) is 0. The molecule has 1 heterocycles. The van der Waals surface area contributed by atoms with Crippen molar-refractivity contribution in [2.45, 2.75) is 38.3 Å². The zero-order chi connectivity index (χ0) is 14.4. The molecule has 4 nitrogen and oxygen atoms in total. The normalized spacial score (nSPS) is 20.7. The second-order valence-corrected chi connectivity index (χ2v) is 5.30. The SMILES string of the molecule is CCOC1CCCN(C(=O)[C@@H](N)Cc2ccccc2)C1. The molecule has 20 heavy (non-hydrogen) atoms. The molecule has 1 fully saturated rings. The predicted molar refractivity (Wildman–Crippen MR) is 79.3 cm³/mol. The zero-order valence-electron chi connectivity index (χ0n) is 12.1. The van der Waals surface area contributed by atoms with Gasteiger partial charge in [0.1, 0.15) is 0 Å². The number of benzene rings is 1. The fourth-order valence-corrected chi connectivity index (χ4v) is 2.70. The molecule has 0 aliphatic carbocycles. The second-order valence-electron chi connectivity index (χ2n) is 5.30. The van der Waals surface area contributed by atoms with Crippen molar-refractivity contribution in [3.05, 3.63) is 35.9 Å². The molecule has 1 aromatic rings. The molecule has 1 aliphatic heterocycles. The smallest absolute Gasteiger partial charge is 0.239 e. The van der Waals surface area contributed by atoms with Crippen LogP contribution in [0.2, 0.25) is 0 Å². The lowest BCUT2D eigenvalue weighted by atomic mass is 10.0. The van der Waals surface area contributed by atoms with Crippen LogP contribution in [-0.4, -0.2) is 42.6 Å². The Bertz CT molecular complexity index is 420. The Balaban J connectivity index is 1.89. The van der Waals surface area contributed by atoms with Crippen LogP contribution in [0, 0.1) is 0 Å². The van der Waals surface area contributed by atoms with Crippen LogP contribution < -0.4 is 5.73 Å². The first kappa shape index (κ1) is 15.0. The van der Waals surface area contributed by atoms with Gasteiger partial charge in [0.25, 0.3) is 0 Å². The molecule has 0 radical (unpaired) electrons. The third-order valence-electron chi connectivity index (χ3n) is 3.71. The Kier molecular flexibility index (Phi) is 5.56. The van der Waals surface area contributed by atoms with Gasteiger partial charge in [-0.3, -0.25) is 4.79 Å². The number of ether oxygens (including phenoxy) is 1. The van der Waals surface area contributed by atoms with E-state index in [0.717, 1.165) is 24.9 Å². The summed E-state index contributed by atoms with van der Waals surface area (Å²) < 4.78 is 5.63. The Morgan fingerprint density at radius 2 is 2.20 bits per heavy atom. The van der Waals surface area contributed by atoms with Gasteiger partial charge in [0.15, 0.2) is 0 Å². The minimum absolute atomic E-state index is 0.0401. The van der Waals surface area contributed by atoms with E-state index in [4.69, 9.17) is 10.5 Å². The molecule has 4 heteroatoms. The van der Waals surface area contributed by atoms with Crippen LogP contribution in [0.15, 0.2) is 30.3 Å². The highest BCUT2D eigenvalue weighted by Gasteiger charge is 2.27. The van der Waals surface area contributed by atoms with Crippen molar-refractivity contribution in [2.75, 3.05) is 19.7 Å². The summed E-state index contributed by atoms with van der Waals surface area (Å²) in [6.45, 7) is 4.16. The first-order valence-electron chi connectivity index (χ1n) is 7.40. The van der Waals surface area contributed by atoms with Crippen molar-refractivity contribution in [3.63, 3.8) is 0 Å². The first-order chi connectivity index (χ1) is 9.70. The van der Waals surface area contributed by atoms with E-state index < -0.39 is 6.04 Å². The molecule has 2 rings (SSSR count). The standard InChI is InChI=1S/C16H24N2O2/c1-2-20-14-9-6-10-18(12-14)16(19)15(17)11-13-7-4-3-5-8-13/h3-5,7-8,14-15H,2,6,9-12,17H2,1H3/t14?,15-/m0/s1. The Morgan fingerprint density at radius 1 is 1.45 bits per heavy atom. The van der Waals surface area contributed by atoms with Crippen molar-refractivity contribution < 1.29 is 9.53 Å². The third-order valence-corrected chi connectivity index (χ3v) is 3.71. The summed E-state index contributed by atoms with van der Waals surface area (Å²) in [6.07, 6.45) is 2.79. The molecule has 0 spiro atoms. The van der Waals surface area contributed by atoms with Gasteiger partial charge in [-0.25, -0.2) is 0 Å². The number of carbonyl (C=O) groups excluding carboxylic acids is 1. The fourth-order valence-electron chi connectivity index (χ4n) is 2.70. The molecule has 110 valence electrons. The Labute approximate surface area is 120 Å².